The number of hydrogen-bond donors (Lipinski definition) is 1. The van der Waals surface area contributed by atoms with E-state index in [0.717, 1.165) is 0 Å². The highest BCUT2D eigenvalue weighted by Crippen LogP contribution is 2.53. The minimum Gasteiger partial charge on any atom is -0.390 e. The van der Waals surface area contributed by atoms with Crippen LogP contribution in [0, 0.1) is 17.3 Å². The van der Waals surface area contributed by atoms with Crippen LogP contribution in [0.15, 0.2) is 11.6 Å². The Balaban J connectivity index is 2.18. The molecular weight excluding hydrogens is 196 g/mol. The van der Waals surface area contributed by atoms with Crippen LogP contribution in [0.25, 0.3) is 0 Å². The van der Waals surface area contributed by atoms with Crippen molar-refractivity contribution in [1.29, 1.82) is 0 Å². The first-order chi connectivity index (χ1) is 7.33. The average Bonchev–Trinajstić information content (AvgIpc) is 2.15. The van der Waals surface area contributed by atoms with E-state index in [1.54, 1.807) is 5.57 Å². The quantitative estimate of drug-likeness (QED) is 0.667. The average molecular weight is 222 g/mol. The lowest BCUT2D eigenvalue weighted by Gasteiger charge is -2.49. The van der Waals surface area contributed by atoms with Gasteiger partial charge in [-0.25, -0.2) is 0 Å². The van der Waals surface area contributed by atoms with Gasteiger partial charge in [-0.3, -0.25) is 0 Å². The summed E-state index contributed by atoms with van der Waals surface area (Å²) >= 11 is 0. The van der Waals surface area contributed by atoms with E-state index in [1.807, 2.05) is 13.8 Å². The van der Waals surface area contributed by atoms with Crippen LogP contribution in [0.3, 0.4) is 0 Å². The van der Waals surface area contributed by atoms with Crippen LogP contribution in [-0.2, 0) is 0 Å². The Kier molecular flexibility index (Phi) is 2.94. The lowest BCUT2D eigenvalue weighted by atomic mass is 9.56. The highest BCUT2D eigenvalue weighted by molar-refractivity contribution is 5.15. The van der Waals surface area contributed by atoms with Gasteiger partial charge in [0.2, 0.25) is 0 Å². The number of allylic oxidation sites excluding steroid dienone is 2. The molecule has 0 amide bonds. The molecule has 1 N–H and O–H groups in total. The van der Waals surface area contributed by atoms with Gasteiger partial charge < -0.3 is 5.11 Å². The molecule has 0 aromatic heterocycles. The summed E-state index contributed by atoms with van der Waals surface area (Å²) in [4.78, 5) is 0. The SMILES string of the molecule is CC1=CCC[C@@]2(C)CC[C@@H](C(C)(C)O)C[C@@H]12. The van der Waals surface area contributed by atoms with Crippen LogP contribution < -0.4 is 0 Å². The maximum absolute atomic E-state index is 10.2. The second-order valence-corrected chi connectivity index (χ2v) is 6.82. The Hall–Kier alpha value is -0.300. The molecule has 0 heterocycles. The predicted octanol–water partition coefficient (Wildman–Crippen LogP) is 3.92. The molecule has 1 heteroatoms. The van der Waals surface area contributed by atoms with Crippen LogP contribution in [0.5, 0.6) is 0 Å². The topological polar surface area (TPSA) is 20.2 Å². The van der Waals surface area contributed by atoms with Gasteiger partial charge in [0.05, 0.1) is 5.60 Å². The lowest BCUT2D eigenvalue weighted by molar-refractivity contribution is -0.0373. The molecule has 0 aliphatic heterocycles. The van der Waals surface area contributed by atoms with Gasteiger partial charge in [-0.05, 0) is 70.1 Å². The molecule has 3 atom stereocenters. The molecule has 0 saturated heterocycles. The summed E-state index contributed by atoms with van der Waals surface area (Å²) in [6.45, 7) is 8.69. The molecule has 1 fully saturated rings. The highest BCUT2D eigenvalue weighted by Gasteiger charge is 2.44. The fourth-order valence-electron chi connectivity index (χ4n) is 3.81. The third kappa shape index (κ3) is 2.07. The van der Waals surface area contributed by atoms with Gasteiger partial charge in [0.25, 0.3) is 0 Å². The molecule has 0 bridgehead atoms. The standard InChI is InChI=1S/C15H26O/c1-11-6-5-8-15(4)9-7-12(10-13(11)15)14(2,3)16/h6,12-13,16H,5,7-10H2,1-4H3/t12-,13+,15+/m1/s1. The van der Waals surface area contributed by atoms with E-state index in [2.05, 4.69) is 19.9 Å². The first kappa shape index (κ1) is 12.2. The molecule has 92 valence electrons. The normalized spacial score (nSPS) is 40.2. The maximum Gasteiger partial charge on any atom is 0.0620 e. The van der Waals surface area contributed by atoms with Crippen LogP contribution in [0.2, 0.25) is 0 Å². The van der Waals surface area contributed by atoms with Gasteiger partial charge in [0.1, 0.15) is 0 Å². The van der Waals surface area contributed by atoms with E-state index in [4.69, 9.17) is 0 Å². The predicted molar refractivity (Wildman–Crippen MR) is 68.2 cm³/mol. The fraction of sp³-hybridized carbons (Fsp3) is 0.867. The van der Waals surface area contributed by atoms with Crippen LogP contribution in [0.1, 0.15) is 59.8 Å². The molecule has 2 rings (SSSR count). The number of aliphatic hydroxyl groups is 1. The first-order valence-corrected chi connectivity index (χ1v) is 6.72. The molecule has 0 radical (unpaired) electrons. The van der Waals surface area contributed by atoms with Gasteiger partial charge in [-0.1, -0.05) is 18.6 Å². The largest absolute Gasteiger partial charge is 0.390 e. The highest BCUT2D eigenvalue weighted by atomic mass is 16.3. The smallest absolute Gasteiger partial charge is 0.0620 e. The number of rotatable bonds is 1. The Morgan fingerprint density at radius 3 is 2.69 bits per heavy atom. The zero-order valence-electron chi connectivity index (χ0n) is 11.2. The Bertz CT molecular complexity index is 297. The van der Waals surface area contributed by atoms with Crippen molar-refractivity contribution in [3.63, 3.8) is 0 Å². The summed E-state index contributed by atoms with van der Waals surface area (Å²) in [5.74, 6) is 1.19. The van der Waals surface area contributed by atoms with Gasteiger partial charge >= 0.3 is 0 Å². The van der Waals surface area contributed by atoms with E-state index >= 15 is 0 Å². The molecule has 0 aromatic carbocycles. The van der Waals surface area contributed by atoms with Crippen molar-refractivity contribution in [3.05, 3.63) is 11.6 Å². The zero-order valence-corrected chi connectivity index (χ0v) is 11.2. The van der Waals surface area contributed by atoms with Gasteiger partial charge in [-0.15, -0.1) is 0 Å². The summed E-state index contributed by atoms with van der Waals surface area (Å²) in [6, 6.07) is 0. The molecule has 0 spiro atoms. The molecule has 1 saturated carbocycles. The van der Waals surface area contributed by atoms with Crippen molar-refractivity contribution in [2.45, 2.75) is 65.4 Å². The molecule has 16 heavy (non-hydrogen) atoms. The molecular formula is C15H26O. The van der Waals surface area contributed by atoms with Crippen molar-refractivity contribution in [2.24, 2.45) is 17.3 Å². The number of hydrogen-bond acceptors (Lipinski definition) is 1. The van der Waals surface area contributed by atoms with E-state index in [1.165, 1.54) is 32.1 Å². The minimum atomic E-state index is -0.501. The maximum atomic E-state index is 10.2. The Morgan fingerprint density at radius 2 is 2.06 bits per heavy atom. The monoisotopic (exact) mass is 222 g/mol. The van der Waals surface area contributed by atoms with E-state index in [9.17, 15) is 5.11 Å². The summed E-state index contributed by atoms with van der Waals surface area (Å²) in [6.07, 6.45) is 8.68. The van der Waals surface area contributed by atoms with Gasteiger partial charge in [0.15, 0.2) is 0 Å². The lowest BCUT2D eigenvalue weighted by Crippen LogP contribution is -2.43. The second kappa shape index (κ2) is 3.87. The number of fused-ring (bicyclic) bond motifs is 1. The first-order valence-electron chi connectivity index (χ1n) is 6.72. The zero-order chi connectivity index (χ0) is 12.0. The van der Waals surface area contributed by atoms with E-state index in [0.29, 0.717) is 17.3 Å². The Labute approximate surface area is 99.9 Å². The van der Waals surface area contributed by atoms with E-state index < -0.39 is 5.60 Å². The Morgan fingerprint density at radius 1 is 1.38 bits per heavy atom. The molecule has 2 aliphatic carbocycles. The molecule has 0 unspecified atom stereocenters. The van der Waals surface area contributed by atoms with Crippen LogP contribution in [0.4, 0.5) is 0 Å². The molecule has 0 aromatic rings. The molecule has 1 nitrogen and oxygen atoms in total. The van der Waals surface area contributed by atoms with Gasteiger partial charge in [-0.2, -0.15) is 0 Å². The van der Waals surface area contributed by atoms with Crippen molar-refractivity contribution < 1.29 is 5.11 Å². The van der Waals surface area contributed by atoms with Crippen molar-refractivity contribution in [2.75, 3.05) is 0 Å². The van der Waals surface area contributed by atoms with Crippen LogP contribution in [-0.4, -0.2) is 10.7 Å². The van der Waals surface area contributed by atoms with Gasteiger partial charge in [0, 0.05) is 0 Å². The van der Waals surface area contributed by atoms with Crippen molar-refractivity contribution >= 4 is 0 Å². The third-order valence-corrected chi connectivity index (χ3v) is 5.16. The van der Waals surface area contributed by atoms with Crippen molar-refractivity contribution in [3.8, 4) is 0 Å². The van der Waals surface area contributed by atoms with E-state index in [-0.39, 0.29) is 0 Å². The summed E-state index contributed by atoms with van der Waals surface area (Å²) in [5, 5.41) is 10.2. The molecule has 2 aliphatic rings. The fourth-order valence-corrected chi connectivity index (χ4v) is 3.81. The van der Waals surface area contributed by atoms with Crippen LogP contribution >= 0.6 is 0 Å². The summed E-state index contributed by atoms with van der Waals surface area (Å²) in [5.41, 5.74) is 1.59. The minimum absolute atomic E-state index is 0.479. The second-order valence-electron chi connectivity index (χ2n) is 6.82. The summed E-state index contributed by atoms with van der Waals surface area (Å²) < 4.78 is 0. The summed E-state index contributed by atoms with van der Waals surface area (Å²) in [7, 11) is 0. The van der Waals surface area contributed by atoms with Crippen molar-refractivity contribution in [1.82, 2.24) is 0 Å². The third-order valence-electron chi connectivity index (χ3n) is 5.16.